The Morgan fingerprint density at radius 3 is 2.70 bits per heavy atom. The van der Waals surface area contributed by atoms with Crippen molar-refractivity contribution >= 4 is 23.3 Å². The summed E-state index contributed by atoms with van der Waals surface area (Å²) in [6.07, 6.45) is 6.93. The Labute approximate surface area is 166 Å². The minimum absolute atomic E-state index is 0. The number of hydrogen-bond donors (Lipinski definition) is 0. The number of fused-ring (bicyclic) bond motifs is 1. The maximum absolute atomic E-state index is 13.6. The molecule has 0 amide bonds. The Balaban J connectivity index is 0.00000210. The molecule has 1 aromatic carbocycles. The molecule has 144 valence electrons. The SMILES string of the molecule is Cc1c(C)n(Cc2cccc(F)c2)c2c(OCC3CCCC3)nccc12.Cl. The monoisotopic (exact) mass is 388 g/mol. The number of ether oxygens (including phenoxy) is 1. The first-order valence-electron chi connectivity index (χ1n) is 9.45. The lowest BCUT2D eigenvalue weighted by Gasteiger charge is -2.14. The highest BCUT2D eigenvalue weighted by Gasteiger charge is 2.19. The van der Waals surface area contributed by atoms with Crippen LogP contribution in [0, 0.1) is 25.6 Å². The summed E-state index contributed by atoms with van der Waals surface area (Å²) in [6.45, 7) is 5.57. The first-order valence-corrected chi connectivity index (χ1v) is 9.45. The number of halogens is 2. The second-order valence-electron chi connectivity index (χ2n) is 7.40. The van der Waals surface area contributed by atoms with Crippen molar-refractivity contribution in [2.24, 2.45) is 5.92 Å². The molecule has 1 aliphatic carbocycles. The summed E-state index contributed by atoms with van der Waals surface area (Å²) in [5.74, 6) is 1.13. The zero-order valence-electron chi connectivity index (χ0n) is 15.9. The molecule has 0 radical (unpaired) electrons. The normalized spacial score (nSPS) is 14.5. The molecule has 0 N–H and O–H groups in total. The molecule has 2 aromatic heterocycles. The smallest absolute Gasteiger partial charge is 0.238 e. The molecule has 1 fully saturated rings. The first-order chi connectivity index (χ1) is 12.6. The lowest BCUT2D eigenvalue weighted by atomic mass is 10.1. The van der Waals surface area contributed by atoms with E-state index in [1.54, 1.807) is 12.1 Å². The Bertz CT molecular complexity index is 931. The van der Waals surface area contributed by atoms with Crippen LogP contribution in [0.2, 0.25) is 0 Å². The molecule has 27 heavy (non-hydrogen) atoms. The number of pyridine rings is 1. The van der Waals surface area contributed by atoms with Gasteiger partial charge in [0, 0.05) is 23.8 Å². The quantitative estimate of drug-likeness (QED) is 0.549. The largest absolute Gasteiger partial charge is 0.476 e. The number of benzene rings is 1. The van der Waals surface area contributed by atoms with Crippen LogP contribution in [-0.4, -0.2) is 16.2 Å². The highest BCUT2D eigenvalue weighted by molar-refractivity contribution is 5.89. The van der Waals surface area contributed by atoms with Gasteiger partial charge in [0.2, 0.25) is 5.88 Å². The Morgan fingerprint density at radius 2 is 1.96 bits per heavy atom. The summed E-state index contributed by atoms with van der Waals surface area (Å²) in [7, 11) is 0. The van der Waals surface area contributed by atoms with Crippen LogP contribution in [0.5, 0.6) is 5.88 Å². The van der Waals surface area contributed by atoms with Crippen molar-refractivity contribution in [2.75, 3.05) is 6.61 Å². The van der Waals surface area contributed by atoms with Crippen LogP contribution in [0.4, 0.5) is 4.39 Å². The van der Waals surface area contributed by atoms with Crippen LogP contribution in [0.1, 0.15) is 42.5 Å². The van der Waals surface area contributed by atoms with Gasteiger partial charge in [0.15, 0.2) is 0 Å². The second kappa shape index (κ2) is 8.30. The van der Waals surface area contributed by atoms with E-state index in [2.05, 4.69) is 23.4 Å². The van der Waals surface area contributed by atoms with Crippen LogP contribution in [0.3, 0.4) is 0 Å². The molecule has 1 aliphatic rings. The molecular formula is C22H26ClFN2O. The number of aromatic nitrogens is 2. The van der Waals surface area contributed by atoms with Crippen molar-refractivity contribution in [3.63, 3.8) is 0 Å². The second-order valence-corrected chi connectivity index (χ2v) is 7.40. The van der Waals surface area contributed by atoms with E-state index in [0.29, 0.717) is 18.3 Å². The lowest BCUT2D eigenvalue weighted by molar-refractivity contribution is 0.245. The molecular weight excluding hydrogens is 363 g/mol. The Morgan fingerprint density at radius 1 is 1.19 bits per heavy atom. The molecule has 0 saturated heterocycles. The van der Waals surface area contributed by atoms with Crippen LogP contribution in [0.25, 0.3) is 10.9 Å². The Kier molecular flexibility index (Phi) is 6.05. The van der Waals surface area contributed by atoms with Gasteiger partial charge in [0.05, 0.1) is 6.61 Å². The molecule has 0 unspecified atom stereocenters. The minimum atomic E-state index is -0.204. The fraction of sp³-hybridized carbons (Fsp3) is 0.409. The predicted molar refractivity (Wildman–Crippen MR) is 109 cm³/mol. The van der Waals surface area contributed by atoms with Gasteiger partial charge in [-0.25, -0.2) is 9.37 Å². The van der Waals surface area contributed by atoms with Crippen molar-refractivity contribution in [3.05, 3.63) is 59.2 Å². The third-order valence-electron chi connectivity index (χ3n) is 5.67. The van der Waals surface area contributed by atoms with Crippen LogP contribution in [-0.2, 0) is 6.54 Å². The van der Waals surface area contributed by atoms with E-state index in [1.165, 1.54) is 43.0 Å². The molecule has 5 heteroatoms. The summed E-state index contributed by atoms with van der Waals surface area (Å²) >= 11 is 0. The fourth-order valence-corrected chi connectivity index (χ4v) is 4.06. The molecule has 3 nitrogen and oxygen atoms in total. The highest BCUT2D eigenvalue weighted by atomic mass is 35.5. The van der Waals surface area contributed by atoms with E-state index >= 15 is 0 Å². The molecule has 0 aliphatic heterocycles. The van der Waals surface area contributed by atoms with Gasteiger partial charge in [-0.05, 0) is 61.9 Å². The van der Waals surface area contributed by atoms with Crippen molar-refractivity contribution in [3.8, 4) is 5.88 Å². The molecule has 0 spiro atoms. The molecule has 2 heterocycles. The van der Waals surface area contributed by atoms with E-state index in [-0.39, 0.29) is 18.2 Å². The fourth-order valence-electron chi connectivity index (χ4n) is 4.06. The maximum atomic E-state index is 13.6. The summed E-state index contributed by atoms with van der Waals surface area (Å²) in [5, 5.41) is 1.16. The van der Waals surface area contributed by atoms with E-state index in [1.807, 2.05) is 18.3 Å². The van der Waals surface area contributed by atoms with Crippen LogP contribution < -0.4 is 4.74 Å². The van der Waals surface area contributed by atoms with Gasteiger partial charge < -0.3 is 9.30 Å². The average Bonchev–Trinajstić information content (AvgIpc) is 3.24. The number of hydrogen-bond acceptors (Lipinski definition) is 2. The lowest BCUT2D eigenvalue weighted by Crippen LogP contribution is -2.10. The third-order valence-corrected chi connectivity index (χ3v) is 5.67. The van der Waals surface area contributed by atoms with Gasteiger partial charge in [0.25, 0.3) is 0 Å². The summed E-state index contributed by atoms with van der Waals surface area (Å²) < 4.78 is 22.0. The zero-order valence-corrected chi connectivity index (χ0v) is 16.7. The maximum Gasteiger partial charge on any atom is 0.238 e. The molecule has 3 aromatic rings. The van der Waals surface area contributed by atoms with Gasteiger partial charge in [-0.3, -0.25) is 0 Å². The van der Waals surface area contributed by atoms with Gasteiger partial charge in [-0.2, -0.15) is 0 Å². The predicted octanol–water partition coefficient (Wildman–Crippen LogP) is 5.83. The molecule has 1 saturated carbocycles. The molecule has 4 rings (SSSR count). The highest BCUT2D eigenvalue weighted by Crippen LogP contribution is 2.33. The van der Waals surface area contributed by atoms with E-state index in [0.717, 1.165) is 23.1 Å². The average molecular weight is 389 g/mol. The van der Waals surface area contributed by atoms with Crippen molar-refractivity contribution < 1.29 is 9.13 Å². The van der Waals surface area contributed by atoms with Crippen molar-refractivity contribution in [2.45, 2.75) is 46.1 Å². The van der Waals surface area contributed by atoms with Gasteiger partial charge in [0.1, 0.15) is 11.3 Å². The van der Waals surface area contributed by atoms with Gasteiger partial charge in [-0.15, -0.1) is 12.4 Å². The zero-order chi connectivity index (χ0) is 18.1. The van der Waals surface area contributed by atoms with Crippen LogP contribution in [0.15, 0.2) is 36.5 Å². The number of aryl methyl sites for hydroxylation is 1. The van der Waals surface area contributed by atoms with E-state index < -0.39 is 0 Å². The van der Waals surface area contributed by atoms with Crippen LogP contribution >= 0.6 is 12.4 Å². The van der Waals surface area contributed by atoms with E-state index in [4.69, 9.17) is 4.74 Å². The van der Waals surface area contributed by atoms with Gasteiger partial charge in [-0.1, -0.05) is 25.0 Å². The topological polar surface area (TPSA) is 27.1 Å². The minimum Gasteiger partial charge on any atom is -0.476 e. The summed E-state index contributed by atoms with van der Waals surface area (Å²) in [4.78, 5) is 4.52. The molecule has 0 atom stereocenters. The summed E-state index contributed by atoms with van der Waals surface area (Å²) in [6, 6.07) is 8.83. The van der Waals surface area contributed by atoms with Crippen molar-refractivity contribution in [1.29, 1.82) is 0 Å². The summed E-state index contributed by atoms with van der Waals surface area (Å²) in [5.41, 5.74) is 4.35. The van der Waals surface area contributed by atoms with Crippen molar-refractivity contribution in [1.82, 2.24) is 9.55 Å². The Hall–Kier alpha value is -2.07. The number of nitrogens with zero attached hydrogens (tertiary/aromatic N) is 2. The van der Waals surface area contributed by atoms with Gasteiger partial charge >= 0.3 is 0 Å². The standard InChI is InChI=1S/C22H25FN2O.ClH/c1-15-16(2)25(13-18-8-5-9-19(23)12-18)21-20(15)10-11-24-22(21)26-14-17-6-3-4-7-17;/h5,8-12,17H,3-4,6-7,13-14H2,1-2H3;1H. The molecule has 0 bridgehead atoms. The first kappa shape index (κ1) is 19.7. The third kappa shape index (κ3) is 3.96. The van der Waals surface area contributed by atoms with E-state index in [9.17, 15) is 4.39 Å². The number of rotatable bonds is 5.